The largest absolute Gasteiger partial charge is 0.468 e. The summed E-state index contributed by atoms with van der Waals surface area (Å²) in [6.45, 7) is 4.03. The van der Waals surface area contributed by atoms with E-state index in [9.17, 15) is 4.79 Å². The van der Waals surface area contributed by atoms with Gasteiger partial charge in [0.05, 0.1) is 7.11 Å². The number of methoxy groups -OCH3 is 1. The van der Waals surface area contributed by atoms with Gasteiger partial charge >= 0.3 is 5.97 Å². The molecule has 4 nitrogen and oxygen atoms in total. The van der Waals surface area contributed by atoms with Gasteiger partial charge in [-0.3, -0.25) is 9.69 Å². The van der Waals surface area contributed by atoms with E-state index in [1.807, 2.05) is 0 Å². The molecule has 1 N–H and O–H groups in total. The number of hydrogen-bond acceptors (Lipinski definition) is 4. The molecule has 0 atom stereocenters. The van der Waals surface area contributed by atoms with Crippen LogP contribution in [0.1, 0.15) is 32.1 Å². The van der Waals surface area contributed by atoms with E-state index < -0.39 is 0 Å². The van der Waals surface area contributed by atoms with E-state index in [0.717, 1.165) is 58.3 Å². The average molecular weight is 226 g/mol. The van der Waals surface area contributed by atoms with Crippen molar-refractivity contribution >= 4 is 5.97 Å². The zero-order chi connectivity index (χ0) is 11.4. The van der Waals surface area contributed by atoms with Gasteiger partial charge in [0, 0.05) is 19.6 Å². The second-order valence-corrected chi connectivity index (χ2v) is 4.82. The fourth-order valence-corrected chi connectivity index (χ4v) is 3.07. The predicted molar refractivity (Wildman–Crippen MR) is 62.3 cm³/mol. The third-order valence-corrected chi connectivity index (χ3v) is 3.94. The molecule has 2 rings (SSSR count). The van der Waals surface area contributed by atoms with E-state index in [1.54, 1.807) is 0 Å². The summed E-state index contributed by atoms with van der Waals surface area (Å²) in [5.74, 6) is -0.0214. The Morgan fingerprint density at radius 1 is 1.19 bits per heavy atom. The lowest BCUT2D eigenvalue weighted by Gasteiger charge is -2.38. The number of carbonyl (C=O) groups is 1. The Morgan fingerprint density at radius 3 is 2.62 bits per heavy atom. The Balaban J connectivity index is 2.13. The van der Waals surface area contributed by atoms with Crippen LogP contribution in [0, 0.1) is 0 Å². The summed E-state index contributed by atoms with van der Waals surface area (Å²) in [5.41, 5.74) is -0.305. The molecule has 92 valence electrons. The molecule has 2 aliphatic rings. The summed E-state index contributed by atoms with van der Waals surface area (Å²) >= 11 is 0. The van der Waals surface area contributed by atoms with Gasteiger partial charge in [-0.15, -0.1) is 0 Å². The number of rotatable bonds is 2. The maximum Gasteiger partial charge on any atom is 0.326 e. The van der Waals surface area contributed by atoms with Crippen LogP contribution in [0.3, 0.4) is 0 Å². The van der Waals surface area contributed by atoms with Crippen molar-refractivity contribution in [3.05, 3.63) is 0 Å². The fraction of sp³-hybridized carbons (Fsp3) is 0.917. The Kier molecular flexibility index (Phi) is 3.82. The first kappa shape index (κ1) is 11.9. The van der Waals surface area contributed by atoms with Crippen LogP contribution in [-0.4, -0.2) is 49.7 Å². The minimum absolute atomic E-state index is 0.0214. The van der Waals surface area contributed by atoms with Crippen LogP contribution in [-0.2, 0) is 9.53 Å². The van der Waals surface area contributed by atoms with Crippen LogP contribution in [0.5, 0.6) is 0 Å². The predicted octanol–water partition coefficient (Wildman–Crippen LogP) is 0.767. The van der Waals surface area contributed by atoms with Crippen molar-refractivity contribution in [1.82, 2.24) is 10.2 Å². The van der Waals surface area contributed by atoms with Gasteiger partial charge in [-0.2, -0.15) is 0 Å². The summed E-state index contributed by atoms with van der Waals surface area (Å²) in [6.07, 6.45) is 5.37. The molecule has 0 bridgehead atoms. The standard InChI is InChI=1S/C12H22N2O2/c1-16-11(15)12(5-2-3-6-12)14-9-4-7-13-8-10-14/h13H,2-10H2,1H3. The number of esters is 1. The summed E-state index contributed by atoms with van der Waals surface area (Å²) in [4.78, 5) is 14.4. The lowest BCUT2D eigenvalue weighted by atomic mass is 9.94. The first-order valence-electron chi connectivity index (χ1n) is 6.34. The van der Waals surface area contributed by atoms with Crippen LogP contribution in [0.15, 0.2) is 0 Å². The first-order chi connectivity index (χ1) is 7.79. The molecular formula is C12H22N2O2. The molecule has 4 heteroatoms. The molecule has 0 radical (unpaired) electrons. The lowest BCUT2D eigenvalue weighted by molar-refractivity contribution is -0.155. The van der Waals surface area contributed by atoms with Crippen LogP contribution in [0.2, 0.25) is 0 Å². The number of nitrogens with one attached hydrogen (secondary N) is 1. The van der Waals surface area contributed by atoms with Crippen LogP contribution >= 0.6 is 0 Å². The second-order valence-electron chi connectivity index (χ2n) is 4.82. The minimum Gasteiger partial charge on any atom is -0.468 e. The Labute approximate surface area is 97.3 Å². The molecule has 0 aromatic rings. The molecule has 1 aliphatic carbocycles. The SMILES string of the molecule is COC(=O)C1(N2CCCNCC2)CCCC1. The molecule has 1 saturated heterocycles. The Hall–Kier alpha value is -0.610. The van der Waals surface area contributed by atoms with E-state index in [2.05, 4.69) is 10.2 Å². The third-order valence-electron chi connectivity index (χ3n) is 3.94. The van der Waals surface area contributed by atoms with Crippen molar-refractivity contribution in [2.45, 2.75) is 37.6 Å². The Bertz CT molecular complexity index is 241. The summed E-state index contributed by atoms with van der Waals surface area (Å²) < 4.78 is 5.03. The summed E-state index contributed by atoms with van der Waals surface area (Å²) in [6, 6.07) is 0. The second kappa shape index (κ2) is 5.15. The highest BCUT2D eigenvalue weighted by molar-refractivity contribution is 5.81. The smallest absolute Gasteiger partial charge is 0.326 e. The van der Waals surface area contributed by atoms with Crippen molar-refractivity contribution in [2.75, 3.05) is 33.3 Å². The molecule has 0 spiro atoms. The zero-order valence-electron chi connectivity index (χ0n) is 10.1. The van der Waals surface area contributed by atoms with Gasteiger partial charge < -0.3 is 10.1 Å². The van der Waals surface area contributed by atoms with E-state index in [4.69, 9.17) is 4.74 Å². The number of hydrogen-bond donors (Lipinski definition) is 1. The monoisotopic (exact) mass is 226 g/mol. The molecule has 0 aromatic heterocycles. The summed E-state index contributed by atoms with van der Waals surface area (Å²) in [5, 5.41) is 3.38. The van der Waals surface area contributed by atoms with Crippen molar-refractivity contribution in [3.8, 4) is 0 Å². The topological polar surface area (TPSA) is 41.6 Å². The zero-order valence-corrected chi connectivity index (χ0v) is 10.1. The number of ether oxygens (including phenoxy) is 1. The molecule has 1 saturated carbocycles. The van der Waals surface area contributed by atoms with E-state index >= 15 is 0 Å². The van der Waals surface area contributed by atoms with E-state index in [-0.39, 0.29) is 11.5 Å². The number of nitrogens with zero attached hydrogens (tertiary/aromatic N) is 1. The minimum atomic E-state index is -0.305. The molecule has 0 unspecified atom stereocenters. The quantitative estimate of drug-likeness (QED) is 0.706. The molecule has 1 aliphatic heterocycles. The van der Waals surface area contributed by atoms with Gasteiger partial charge in [0.1, 0.15) is 5.54 Å². The average Bonchev–Trinajstić information content (AvgIpc) is 2.65. The highest BCUT2D eigenvalue weighted by Gasteiger charge is 2.46. The van der Waals surface area contributed by atoms with Crippen molar-refractivity contribution < 1.29 is 9.53 Å². The van der Waals surface area contributed by atoms with Crippen LogP contribution < -0.4 is 5.32 Å². The molecule has 0 amide bonds. The lowest BCUT2D eigenvalue weighted by Crippen LogP contribution is -2.54. The molecule has 2 fully saturated rings. The van der Waals surface area contributed by atoms with Gasteiger partial charge in [0.25, 0.3) is 0 Å². The highest BCUT2D eigenvalue weighted by Crippen LogP contribution is 2.36. The van der Waals surface area contributed by atoms with Gasteiger partial charge in [-0.1, -0.05) is 12.8 Å². The van der Waals surface area contributed by atoms with E-state index in [1.165, 1.54) is 7.11 Å². The fourth-order valence-electron chi connectivity index (χ4n) is 3.07. The molecule has 0 aromatic carbocycles. The van der Waals surface area contributed by atoms with Gasteiger partial charge in [0.15, 0.2) is 0 Å². The molecule has 1 heterocycles. The van der Waals surface area contributed by atoms with Crippen molar-refractivity contribution in [2.24, 2.45) is 0 Å². The van der Waals surface area contributed by atoms with Crippen molar-refractivity contribution in [3.63, 3.8) is 0 Å². The van der Waals surface area contributed by atoms with Gasteiger partial charge in [0.2, 0.25) is 0 Å². The molecule has 16 heavy (non-hydrogen) atoms. The highest BCUT2D eigenvalue weighted by atomic mass is 16.5. The van der Waals surface area contributed by atoms with Gasteiger partial charge in [-0.05, 0) is 25.8 Å². The van der Waals surface area contributed by atoms with Crippen molar-refractivity contribution in [1.29, 1.82) is 0 Å². The maximum absolute atomic E-state index is 12.1. The third kappa shape index (κ3) is 2.09. The van der Waals surface area contributed by atoms with Crippen LogP contribution in [0.25, 0.3) is 0 Å². The Morgan fingerprint density at radius 2 is 1.94 bits per heavy atom. The normalized spacial score (nSPS) is 26.3. The molecular weight excluding hydrogens is 204 g/mol. The van der Waals surface area contributed by atoms with Crippen LogP contribution in [0.4, 0.5) is 0 Å². The first-order valence-corrected chi connectivity index (χ1v) is 6.34. The number of carbonyl (C=O) groups excluding carboxylic acids is 1. The maximum atomic E-state index is 12.1. The summed E-state index contributed by atoms with van der Waals surface area (Å²) in [7, 11) is 1.51. The van der Waals surface area contributed by atoms with E-state index in [0.29, 0.717) is 0 Å². The van der Waals surface area contributed by atoms with Gasteiger partial charge in [-0.25, -0.2) is 0 Å².